The molecule has 30 heteroatoms. The fourth-order valence-electron chi connectivity index (χ4n) is 7.71. The Morgan fingerprint density at radius 2 is 0.422 bits per heavy atom. The predicted molar refractivity (Wildman–Crippen MR) is 446 cm³/mol. The second-order valence-electron chi connectivity index (χ2n) is 31.9. The Hall–Kier alpha value is -3.90. The number of hydrogen-bond donors (Lipinski definition) is 1. The van der Waals surface area contributed by atoms with Gasteiger partial charge >= 0.3 is 35.8 Å². The van der Waals surface area contributed by atoms with Crippen LogP contribution in [0.1, 0.15) is 223 Å². The second kappa shape index (κ2) is 77.2. The van der Waals surface area contributed by atoms with Gasteiger partial charge < -0.3 is 114 Å². The van der Waals surface area contributed by atoms with E-state index in [2.05, 4.69) is 6.92 Å². The predicted octanol–water partition coefficient (Wildman–Crippen LogP) is 13.0. The van der Waals surface area contributed by atoms with Crippen LogP contribution in [0, 0.1) is 32.5 Å². The lowest BCUT2D eigenvalue weighted by Crippen LogP contribution is -2.37. The number of carbonyl (C=O) groups is 6. The van der Waals surface area contributed by atoms with Gasteiger partial charge in [-0.25, -0.2) is 0 Å². The van der Waals surface area contributed by atoms with Crippen LogP contribution in [0.2, 0.25) is 0 Å². The molecule has 1 aliphatic rings. The van der Waals surface area contributed by atoms with Gasteiger partial charge in [-0.3, -0.25) is 28.8 Å². The summed E-state index contributed by atoms with van der Waals surface area (Å²) in [7, 11) is 4.90. The molecule has 0 atom stereocenters. The summed E-state index contributed by atoms with van der Waals surface area (Å²) in [5.41, 5.74) is -3.02. The zero-order chi connectivity index (χ0) is 89.0. The highest BCUT2D eigenvalue weighted by Crippen LogP contribution is 2.38. The van der Waals surface area contributed by atoms with Gasteiger partial charge in [-0.15, -0.1) is 0 Å². The Morgan fingerprint density at radius 1 is 0.250 bits per heavy atom. The molecular formula is C86H170O30. The van der Waals surface area contributed by atoms with Crippen molar-refractivity contribution in [1.29, 1.82) is 0 Å². The van der Waals surface area contributed by atoms with E-state index in [0.29, 0.717) is 231 Å². The molecule has 0 aliphatic heterocycles. The largest absolute Gasteiger partial charge is 0.481 e. The van der Waals surface area contributed by atoms with E-state index in [4.69, 9.17) is 114 Å². The topological polar surface area (TPSA) is 335 Å². The highest BCUT2D eigenvalue weighted by atomic mass is 16.6. The van der Waals surface area contributed by atoms with Crippen LogP contribution in [-0.4, -0.2) is 311 Å². The number of carboxylic acids is 1. The highest BCUT2D eigenvalue weighted by Gasteiger charge is 2.40. The molecule has 0 spiro atoms. The third-order valence-electron chi connectivity index (χ3n) is 18.7. The van der Waals surface area contributed by atoms with Crippen LogP contribution >= 0.6 is 0 Å². The number of carboxylic acid groups (broad SMARTS) is 1. The molecule has 1 rings (SSSR count). The van der Waals surface area contributed by atoms with Crippen LogP contribution in [0.4, 0.5) is 0 Å². The molecule has 0 bridgehead atoms. The minimum atomic E-state index is -0.722. The van der Waals surface area contributed by atoms with Crippen molar-refractivity contribution in [2.24, 2.45) is 32.5 Å². The van der Waals surface area contributed by atoms with Gasteiger partial charge in [0.2, 0.25) is 0 Å². The Labute approximate surface area is 701 Å². The Bertz CT molecular complexity index is 2190. The minimum Gasteiger partial charge on any atom is -0.481 e. The van der Waals surface area contributed by atoms with Crippen molar-refractivity contribution >= 4 is 35.8 Å². The number of hydrogen-bond acceptors (Lipinski definition) is 29. The summed E-state index contributed by atoms with van der Waals surface area (Å²) in [4.78, 5) is 68.8. The molecule has 1 aliphatic carbocycles. The summed E-state index contributed by atoms with van der Waals surface area (Å²) in [5, 5.41) is 8.44. The zero-order valence-electron chi connectivity index (χ0n) is 77.5. The molecular weight excluding hydrogens is 1510 g/mol. The number of methoxy groups -OCH3 is 3. The van der Waals surface area contributed by atoms with Gasteiger partial charge in [-0.1, -0.05) is 48.5 Å². The summed E-state index contributed by atoms with van der Waals surface area (Å²) in [5.74, 6) is -1.41. The van der Waals surface area contributed by atoms with Gasteiger partial charge in [-0.05, 0) is 174 Å². The van der Waals surface area contributed by atoms with E-state index in [1.807, 2.05) is 132 Å². The molecule has 0 radical (unpaired) electrons. The molecule has 116 heavy (non-hydrogen) atoms. The Morgan fingerprint density at radius 3 is 0.578 bits per heavy atom. The lowest BCUT2D eigenvalue weighted by molar-refractivity contribution is -0.171. The maximum absolute atomic E-state index is 12.0. The average Bonchev–Trinajstić information content (AvgIpc) is 1.68. The lowest BCUT2D eigenvalue weighted by Gasteiger charge is -2.32. The fourth-order valence-corrected chi connectivity index (χ4v) is 7.71. The molecule has 0 heterocycles. The standard InChI is InChI=1S/2C23H46O10.C13H24O2.C11H22O4.C10H20O2.C6H12O2/c2*1-5-23(2,3)22(24)33-21-20-32-19-18-31-17-16-30-15-14-29-13-12-28-11-10-27-9-8-26-7-6-25-4;1-5-12(3,4)11(14)15-13(6-2)9-7-8-10-13;1-5-11(2,3)10(12)15-9-8-14-7-6-13-4;1-7-10(5,6)8(11)12-9(2,3)4;1-4-6(2,3)5(7)8/h2*5-21H2,1-4H3;5-10H2,1-4H3;5-9H2,1-4H3;7H2,1-6H3;4H2,1-3H3,(H,7,8). The number of ether oxygens (including phenoxy) is 23. The number of esters is 5. The monoisotopic (exact) mass is 1680 g/mol. The van der Waals surface area contributed by atoms with Crippen molar-refractivity contribution in [2.75, 3.05) is 259 Å². The van der Waals surface area contributed by atoms with Crippen molar-refractivity contribution in [3.05, 3.63) is 0 Å². The van der Waals surface area contributed by atoms with Crippen LogP contribution in [0.3, 0.4) is 0 Å². The number of rotatable bonds is 68. The summed E-state index contributed by atoms with van der Waals surface area (Å²) in [6.07, 6.45) is 10.1. The van der Waals surface area contributed by atoms with Crippen molar-refractivity contribution in [2.45, 2.75) is 234 Å². The first-order valence-electron chi connectivity index (χ1n) is 42.1. The molecule has 694 valence electrons. The minimum absolute atomic E-state index is 0.0197. The Kier molecular flexibility index (Phi) is 80.3. The van der Waals surface area contributed by atoms with E-state index in [9.17, 15) is 28.8 Å². The maximum Gasteiger partial charge on any atom is 0.312 e. The molecule has 0 amide bonds. The summed E-state index contributed by atoms with van der Waals surface area (Å²) < 4.78 is 122. The number of aliphatic carboxylic acids is 1. The maximum atomic E-state index is 12.0. The van der Waals surface area contributed by atoms with Crippen LogP contribution in [-0.2, 0) is 138 Å². The van der Waals surface area contributed by atoms with Gasteiger partial charge in [0.05, 0.1) is 251 Å². The average molecular weight is 1680 g/mol. The second-order valence-corrected chi connectivity index (χ2v) is 31.9. The normalized spacial score (nSPS) is 12.9. The van der Waals surface area contributed by atoms with Crippen molar-refractivity contribution in [3.63, 3.8) is 0 Å². The van der Waals surface area contributed by atoms with Gasteiger partial charge in [0.1, 0.15) is 31.0 Å². The Balaban J connectivity index is -0.000000455. The highest BCUT2D eigenvalue weighted by molar-refractivity contribution is 5.78. The van der Waals surface area contributed by atoms with E-state index in [1.54, 1.807) is 35.2 Å². The molecule has 1 saturated carbocycles. The smallest absolute Gasteiger partial charge is 0.312 e. The van der Waals surface area contributed by atoms with E-state index >= 15 is 0 Å². The summed E-state index contributed by atoms with van der Waals surface area (Å²) in [6, 6.07) is 0. The van der Waals surface area contributed by atoms with E-state index in [0.717, 1.165) is 51.4 Å². The molecule has 30 nitrogen and oxygen atoms in total. The zero-order valence-corrected chi connectivity index (χ0v) is 77.5. The van der Waals surface area contributed by atoms with Crippen LogP contribution in [0.5, 0.6) is 0 Å². The molecule has 1 N–H and O–H groups in total. The van der Waals surface area contributed by atoms with Crippen molar-refractivity contribution < 1.29 is 143 Å². The molecule has 0 saturated heterocycles. The first kappa shape index (κ1) is 121. The molecule has 1 fully saturated rings. The van der Waals surface area contributed by atoms with Crippen molar-refractivity contribution in [1.82, 2.24) is 0 Å². The molecule has 0 aromatic rings. The molecule has 0 aromatic heterocycles. The number of carbonyl (C=O) groups excluding carboxylic acids is 5. The van der Waals surface area contributed by atoms with E-state index in [-0.39, 0.29) is 65.1 Å². The lowest BCUT2D eigenvalue weighted by atomic mass is 9.89. The van der Waals surface area contributed by atoms with Crippen LogP contribution in [0.15, 0.2) is 0 Å². The SMILES string of the molecule is CCC(C)(C)C(=O)O.CCC(C)(C)C(=O)OC(C)(C)C.CCC(C)(C)C(=O)OCCOCCOC.CCC(C)(C)C(=O)OCCOCCOCCOCCOCCOCCOCCOCCOC.CCC(C)(C)C(=O)OCCOCCOCCOCCOCCOCCOCCOCCOC.CCC1(OC(=O)C(C)(C)CC)CCCC1. The third-order valence-corrected chi connectivity index (χ3v) is 18.7. The van der Waals surface area contributed by atoms with E-state index in [1.165, 1.54) is 12.8 Å². The van der Waals surface area contributed by atoms with Gasteiger partial charge in [-0.2, -0.15) is 0 Å². The molecule has 0 unspecified atom stereocenters. The molecule has 0 aromatic carbocycles. The van der Waals surface area contributed by atoms with Gasteiger partial charge in [0, 0.05) is 21.3 Å². The van der Waals surface area contributed by atoms with Crippen LogP contribution in [0.25, 0.3) is 0 Å². The van der Waals surface area contributed by atoms with Gasteiger partial charge in [0.15, 0.2) is 0 Å². The third kappa shape index (κ3) is 75.1. The quantitative estimate of drug-likeness (QED) is 0.0336. The van der Waals surface area contributed by atoms with E-state index < -0.39 is 27.6 Å². The summed E-state index contributed by atoms with van der Waals surface area (Å²) >= 11 is 0. The fraction of sp³-hybridized carbons (Fsp3) is 0.930. The van der Waals surface area contributed by atoms with Gasteiger partial charge in [0.25, 0.3) is 0 Å². The van der Waals surface area contributed by atoms with Crippen molar-refractivity contribution in [3.8, 4) is 0 Å². The summed E-state index contributed by atoms with van der Waals surface area (Å²) in [6.45, 7) is 59.7. The first-order valence-corrected chi connectivity index (χ1v) is 42.1. The van der Waals surface area contributed by atoms with Crippen LogP contribution < -0.4 is 0 Å². The first-order chi connectivity index (χ1) is 54.8.